The summed E-state index contributed by atoms with van der Waals surface area (Å²) >= 11 is 0. The van der Waals surface area contributed by atoms with E-state index >= 15 is 0 Å². The highest BCUT2D eigenvalue weighted by atomic mass is 16.4. The van der Waals surface area contributed by atoms with E-state index in [1.807, 2.05) is 0 Å². The Bertz CT molecular complexity index is 287. The summed E-state index contributed by atoms with van der Waals surface area (Å²) in [6, 6.07) is 0. The number of carboxylic acids is 1. The van der Waals surface area contributed by atoms with Crippen LogP contribution < -0.4 is 0 Å². The third kappa shape index (κ3) is 12.4. The number of carbonyl (C=O) groups is 1. The van der Waals surface area contributed by atoms with Gasteiger partial charge in [-0.15, -0.1) is 0 Å². The fraction of sp³-hybridized carbons (Fsp3) is 0.944. The molecular weight excluding hydrogens is 290 g/mol. The molecule has 5 heteroatoms. The quantitative estimate of drug-likeness (QED) is 0.472. The maximum Gasteiger partial charge on any atom is 0.317 e. The highest BCUT2D eigenvalue weighted by molar-refractivity contribution is 5.69. The molecule has 0 aromatic heterocycles. The average Bonchev–Trinajstić information content (AvgIpc) is 2.53. The van der Waals surface area contributed by atoms with Gasteiger partial charge in [0.25, 0.3) is 0 Å². The number of nitrogens with zero attached hydrogens (tertiary/aromatic N) is 3. The summed E-state index contributed by atoms with van der Waals surface area (Å²) in [4.78, 5) is 18.0. The Morgan fingerprint density at radius 3 is 1.70 bits per heavy atom. The summed E-state index contributed by atoms with van der Waals surface area (Å²) in [7, 11) is 0. The van der Waals surface area contributed by atoms with Gasteiger partial charge in [-0.3, -0.25) is 9.69 Å². The van der Waals surface area contributed by atoms with Crippen LogP contribution in [0.15, 0.2) is 0 Å². The highest BCUT2D eigenvalue weighted by Gasteiger charge is 2.11. The van der Waals surface area contributed by atoms with E-state index in [0.29, 0.717) is 0 Å². The first-order valence-electron chi connectivity index (χ1n) is 9.46. The lowest BCUT2D eigenvalue weighted by molar-refractivity contribution is -0.138. The second-order valence-electron chi connectivity index (χ2n) is 6.25. The third-order valence-corrected chi connectivity index (χ3v) is 4.30. The first-order chi connectivity index (χ1) is 11.1. The molecule has 0 saturated heterocycles. The molecule has 0 aliphatic rings. The smallest absolute Gasteiger partial charge is 0.317 e. The Morgan fingerprint density at radius 1 is 0.696 bits per heavy atom. The first kappa shape index (κ1) is 22.4. The van der Waals surface area contributed by atoms with Crippen LogP contribution in [0.3, 0.4) is 0 Å². The number of unbranched alkanes of at least 4 members (excludes halogenated alkanes) is 1. The molecule has 0 aliphatic heterocycles. The van der Waals surface area contributed by atoms with E-state index < -0.39 is 5.97 Å². The standard InChI is InChI=1S/C18H39N3O2/c1-5-9-12-21(17-18(22)23)16-15-20(8-4)14-10-13-19(7-3)11-6-2/h5-17H2,1-4H3,(H,22,23). The van der Waals surface area contributed by atoms with Crippen LogP contribution in [-0.4, -0.2) is 84.7 Å². The summed E-state index contributed by atoms with van der Waals surface area (Å²) in [5.41, 5.74) is 0. The van der Waals surface area contributed by atoms with E-state index in [1.165, 1.54) is 19.4 Å². The number of rotatable bonds is 16. The van der Waals surface area contributed by atoms with Gasteiger partial charge in [0.15, 0.2) is 0 Å². The van der Waals surface area contributed by atoms with Crippen LogP contribution in [-0.2, 0) is 4.79 Å². The number of hydrogen-bond donors (Lipinski definition) is 1. The predicted octanol–water partition coefficient (Wildman–Crippen LogP) is 2.62. The molecule has 0 saturated carbocycles. The highest BCUT2D eigenvalue weighted by Crippen LogP contribution is 2.00. The van der Waals surface area contributed by atoms with Crippen molar-refractivity contribution in [1.29, 1.82) is 0 Å². The van der Waals surface area contributed by atoms with Crippen molar-refractivity contribution in [2.75, 3.05) is 58.9 Å². The van der Waals surface area contributed by atoms with E-state index in [-0.39, 0.29) is 6.54 Å². The van der Waals surface area contributed by atoms with Gasteiger partial charge in [-0.2, -0.15) is 0 Å². The Hall–Kier alpha value is -0.650. The molecule has 0 fully saturated rings. The van der Waals surface area contributed by atoms with E-state index in [4.69, 9.17) is 5.11 Å². The fourth-order valence-corrected chi connectivity index (χ4v) is 2.82. The van der Waals surface area contributed by atoms with E-state index in [9.17, 15) is 4.79 Å². The Balaban J connectivity index is 4.10. The monoisotopic (exact) mass is 329 g/mol. The van der Waals surface area contributed by atoms with Gasteiger partial charge >= 0.3 is 5.97 Å². The average molecular weight is 330 g/mol. The zero-order chi connectivity index (χ0) is 17.5. The summed E-state index contributed by atoms with van der Waals surface area (Å²) < 4.78 is 0. The normalized spacial score (nSPS) is 11.8. The number of hydrogen-bond acceptors (Lipinski definition) is 4. The summed E-state index contributed by atoms with van der Waals surface area (Å²) in [6.45, 7) is 17.3. The molecule has 0 atom stereocenters. The largest absolute Gasteiger partial charge is 0.480 e. The van der Waals surface area contributed by atoms with Crippen LogP contribution >= 0.6 is 0 Å². The molecule has 0 unspecified atom stereocenters. The molecule has 23 heavy (non-hydrogen) atoms. The summed E-state index contributed by atoms with van der Waals surface area (Å²) in [6.07, 6.45) is 4.59. The van der Waals surface area contributed by atoms with Crippen LogP contribution in [0.4, 0.5) is 0 Å². The van der Waals surface area contributed by atoms with E-state index in [0.717, 1.165) is 58.7 Å². The zero-order valence-electron chi connectivity index (χ0n) is 15.9. The SMILES string of the molecule is CCCCN(CCN(CC)CCCN(CC)CCC)CC(=O)O. The summed E-state index contributed by atoms with van der Waals surface area (Å²) in [5, 5.41) is 9.03. The molecule has 0 amide bonds. The van der Waals surface area contributed by atoms with Crippen LogP contribution in [0.25, 0.3) is 0 Å². The number of aliphatic carboxylic acids is 1. The molecule has 138 valence electrons. The predicted molar refractivity (Wildman–Crippen MR) is 98.1 cm³/mol. The lowest BCUT2D eigenvalue weighted by Gasteiger charge is -2.27. The van der Waals surface area contributed by atoms with Crippen LogP contribution in [0, 0.1) is 0 Å². The lowest BCUT2D eigenvalue weighted by Crippen LogP contribution is -2.39. The van der Waals surface area contributed by atoms with Crippen molar-refractivity contribution in [3.05, 3.63) is 0 Å². The molecule has 0 aromatic rings. The van der Waals surface area contributed by atoms with Gasteiger partial charge in [-0.1, -0.05) is 34.1 Å². The first-order valence-corrected chi connectivity index (χ1v) is 9.46. The van der Waals surface area contributed by atoms with Crippen molar-refractivity contribution in [2.45, 2.75) is 53.4 Å². The van der Waals surface area contributed by atoms with Crippen molar-refractivity contribution >= 4 is 5.97 Å². The number of carboxylic acid groups (broad SMARTS) is 1. The lowest BCUT2D eigenvalue weighted by atomic mass is 10.3. The maximum absolute atomic E-state index is 11.0. The topological polar surface area (TPSA) is 47.0 Å². The molecule has 0 aliphatic carbocycles. The molecule has 0 rings (SSSR count). The minimum Gasteiger partial charge on any atom is -0.480 e. The molecule has 0 bridgehead atoms. The minimum absolute atomic E-state index is 0.164. The Labute approximate surface area is 143 Å². The second kappa shape index (κ2) is 14.9. The van der Waals surface area contributed by atoms with E-state index in [1.54, 1.807) is 0 Å². The van der Waals surface area contributed by atoms with Gasteiger partial charge < -0.3 is 14.9 Å². The van der Waals surface area contributed by atoms with Crippen LogP contribution in [0.2, 0.25) is 0 Å². The van der Waals surface area contributed by atoms with Gasteiger partial charge in [0.05, 0.1) is 6.54 Å². The third-order valence-electron chi connectivity index (χ3n) is 4.30. The van der Waals surface area contributed by atoms with E-state index in [2.05, 4.69) is 42.4 Å². The molecule has 0 radical (unpaired) electrons. The van der Waals surface area contributed by atoms with Gasteiger partial charge in [-0.25, -0.2) is 0 Å². The Morgan fingerprint density at radius 2 is 1.22 bits per heavy atom. The van der Waals surface area contributed by atoms with Crippen LogP contribution in [0.5, 0.6) is 0 Å². The van der Waals surface area contributed by atoms with Gasteiger partial charge in [0.1, 0.15) is 0 Å². The van der Waals surface area contributed by atoms with Crippen molar-refractivity contribution < 1.29 is 9.90 Å². The van der Waals surface area contributed by atoms with Crippen molar-refractivity contribution in [1.82, 2.24) is 14.7 Å². The van der Waals surface area contributed by atoms with Crippen molar-refractivity contribution in [3.8, 4) is 0 Å². The molecule has 0 aromatic carbocycles. The number of likely N-dealkylation sites (N-methyl/N-ethyl adjacent to an activating group) is 1. The van der Waals surface area contributed by atoms with Crippen molar-refractivity contribution in [2.24, 2.45) is 0 Å². The summed E-state index contributed by atoms with van der Waals surface area (Å²) in [5.74, 6) is -0.720. The molecule has 0 heterocycles. The Kier molecular flexibility index (Phi) is 14.5. The van der Waals surface area contributed by atoms with Gasteiger partial charge in [0.2, 0.25) is 0 Å². The van der Waals surface area contributed by atoms with Crippen LogP contribution in [0.1, 0.15) is 53.4 Å². The molecule has 5 nitrogen and oxygen atoms in total. The second-order valence-corrected chi connectivity index (χ2v) is 6.25. The fourth-order valence-electron chi connectivity index (χ4n) is 2.82. The van der Waals surface area contributed by atoms with Gasteiger partial charge in [-0.05, 0) is 58.5 Å². The zero-order valence-corrected chi connectivity index (χ0v) is 15.9. The van der Waals surface area contributed by atoms with Crippen molar-refractivity contribution in [3.63, 3.8) is 0 Å². The molecule has 0 spiro atoms. The molecule has 1 N–H and O–H groups in total. The van der Waals surface area contributed by atoms with Gasteiger partial charge in [0, 0.05) is 13.1 Å². The molecular formula is C18H39N3O2. The minimum atomic E-state index is -0.720. The maximum atomic E-state index is 11.0.